The lowest BCUT2D eigenvalue weighted by Crippen LogP contribution is -2.29. The number of anilines is 1. The van der Waals surface area contributed by atoms with Gasteiger partial charge < -0.3 is 20.6 Å². The monoisotopic (exact) mass is 288 g/mol. The lowest BCUT2D eigenvalue weighted by atomic mass is 10.1. The van der Waals surface area contributed by atoms with Crippen LogP contribution in [0.5, 0.6) is 0 Å². The van der Waals surface area contributed by atoms with E-state index < -0.39 is 11.1 Å². The third kappa shape index (κ3) is 3.16. The zero-order valence-corrected chi connectivity index (χ0v) is 12.0. The molecule has 1 aliphatic heterocycles. The molecule has 3 rings (SSSR count). The minimum absolute atomic E-state index is 0.340. The molecule has 2 aromatic rings. The van der Waals surface area contributed by atoms with Gasteiger partial charge in [-0.15, -0.1) is 0 Å². The van der Waals surface area contributed by atoms with Crippen LogP contribution in [0, 0.1) is 0 Å². The summed E-state index contributed by atoms with van der Waals surface area (Å²) in [5, 5.41) is 6.93. The van der Waals surface area contributed by atoms with Crippen molar-refractivity contribution in [1.29, 1.82) is 0 Å². The maximum Gasteiger partial charge on any atom is 0.314 e. The molecule has 0 radical (unpaired) electrons. The van der Waals surface area contributed by atoms with Gasteiger partial charge in [-0.3, -0.25) is 9.59 Å². The Kier molecular flexibility index (Phi) is 3.79. The van der Waals surface area contributed by atoms with Crippen LogP contribution in [0.2, 0.25) is 0 Å². The van der Waals surface area contributed by atoms with Gasteiger partial charge in [-0.25, -0.2) is 0 Å². The summed E-state index contributed by atoms with van der Waals surface area (Å²) in [6.45, 7) is 3.27. The van der Waals surface area contributed by atoms with E-state index in [9.17, 15) is 9.59 Å². The third-order valence-electron chi connectivity index (χ3n) is 3.94. The largest absolute Gasteiger partial charge is 0.382 e. The number of aromatic amines is 2. The zero-order chi connectivity index (χ0) is 14.8. The molecule has 2 atom stereocenters. The van der Waals surface area contributed by atoms with Crippen LogP contribution < -0.4 is 21.8 Å². The molecular weight excluding hydrogens is 268 g/mol. The summed E-state index contributed by atoms with van der Waals surface area (Å²) < 4.78 is 0. The Morgan fingerprint density at radius 3 is 2.71 bits per heavy atom. The predicted octanol–water partition coefficient (Wildman–Crippen LogP) is 1.16. The van der Waals surface area contributed by atoms with E-state index in [4.69, 9.17) is 0 Å². The molecule has 112 valence electrons. The molecule has 21 heavy (non-hydrogen) atoms. The lowest BCUT2D eigenvalue weighted by molar-refractivity contribution is 0.523. The Balaban J connectivity index is 1.76. The summed E-state index contributed by atoms with van der Waals surface area (Å²) in [4.78, 5) is 27.8. The molecule has 0 aliphatic carbocycles. The van der Waals surface area contributed by atoms with Crippen molar-refractivity contribution in [2.45, 2.75) is 38.3 Å². The average Bonchev–Trinajstić information content (AvgIpc) is 2.93. The topological polar surface area (TPSA) is 89.8 Å². The normalized spacial score (nSPS) is 19.8. The molecule has 1 saturated heterocycles. The van der Waals surface area contributed by atoms with Crippen molar-refractivity contribution in [3.63, 3.8) is 0 Å². The van der Waals surface area contributed by atoms with Crippen molar-refractivity contribution in [1.82, 2.24) is 15.3 Å². The van der Waals surface area contributed by atoms with Gasteiger partial charge in [-0.05, 0) is 50.9 Å². The van der Waals surface area contributed by atoms with Gasteiger partial charge in [0.05, 0.1) is 11.0 Å². The van der Waals surface area contributed by atoms with E-state index in [1.165, 1.54) is 12.8 Å². The number of fused-ring (bicyclic) bond motifs is 1. The first-order chi connectivity index (χ1) is 10.1. The molecular formula is C15H20N4O2. The van der Waals surface area contributed by atoms with Gasteiger partial charge in [0.25, 0.3) is 0 Å². The van der Waals surface area contributed by atoms with E-state index in [2.05, 4.69) is 27.5 Å². The highest BCUT2D eigenvalue weighted by Crippen LogP contribution is 2.17. The van der Waals surface area contributed by atoms with E-state index in [0.717, 1.165) is 18.7 Å². The van der Waals surface area contributed by atoms with Crippen LogP contribution in [0.3, 0.4) is 0 Å². The molecule has 0 saturated carbocycles. The van der Waals surface area contributed by atoms with Crippen LogP contribution in [-0.2, 0) is 0 Å². The molecule has 2 unspecified atom stereocenters. The number of benzene rings is 1. The summed E-state index contributed by atoms with van der Waals surface area (Å²) >= 11 is 0. The number of rotatable bonds is 4. The maximum absolute atomic E-state index is 11.4. The van der Waals surface area contributed by atoms with Crippen molar-refractivity contribution in [2.75, 3.05) is 11.9 Å². The van der Waals surface area contributed by atoms with Crippen LogP contribution in [0.25, 0.3) is 11.0 Å². The van der Waals surface area contributed by atoms with Crippen LogP contribution >= 0.6 is 0 Å². The highest BCUT2D eigenvalue weighted by Gasteiger charge is 2.16. The summed E-state index contributed by atoms with van der Waals surface area (Å²) in [7, 11) is 0. The number of nitrogens with one attached hydrogen (secondary N) is 4. The number of aromatic nitrogens is 2. The minimum Gasteiger partial charge on any atom is -0.382 e. The molecule has 0 spiro atoms. The van der Waals surface area contributed by atoms with Gasteiger partial charge >= 0.3 is 11.1 Å². The summed E-state index contributed by atoms with van der Waals surface area (Å²) in [6, 6.07) is 6.49. The predicted molar refractivity (Wildman–Crippen MR) is 83.9 cm³/mol. The molecule has 1 aromatic heterocycles. The second kappa shape index (κ2) is 5.73. The number of H-pyrrole nitrogens is 2. The van der Waals surface area contributed by atoms with Crippen molar-refractivity contribution in [3.05, 3.63) is 38.9 Å². The van der Waals surface area contributed by atoms with Gasteiger partial charge in [0, 0.05) is 17.8 Å². The highest BCUT2D eigenvalue weighted by molar-refractivity contribution is 5.78. The standard InChI is InChI=1S/C15H20N4O2/c1-9(7-10-3-2-6-16-10)17-11-4-5-12-13(8-11)19-15(21)14(20)18-12/h4-5,8-10,16-17H,2-3,6-7H2,1H3,(H,18,20)(H,19,21). The van der Waals surface area contributed by atoms with E-state index in [0.29, 0.717) is 23.1 Å². The number of hydrogen-bond acceptors (Lipinski definition) is 4. The van der Waals surface area contributed by atoms with Crippen LogP contribution in [-0.4, -0.2) is 28.6 Å². The maximum atomic E-state index is 11.4. The smallest absolute Gasteiger partial charge is 0.314 e. The van der Waals surface area contributed by atoms with Crippen LogP contribution in [0.4, 0.5) is 5.69 Å². The highest BCUT2D eigenvalue weighted by atomic mass is 16.2. The molecule has 1 aromatic carbocycles. The molecule has 0 amide bonds. The first kappa shape index (κ1) is 13.9. The Labute approximate surface area is 122 Å². The zero-order valence-electron chi connectivity index (χ0n) is 12.0. The fourth-order valence-corrected chi connectivity index (χ4v) is 2.93. The molecule has 0 bridgehead atoms. The fourth-order valence-electron chi connectivity index (χ4n) is 2.93. The first-order valence-electron chi connectivity index (χ1n) is 7.38. The van der Waals surface area contributed by atoms with Crippen molar-refractivity contribution < 1.29 is 0 Å². The van der Waals surface area contributed by atoms with Crippen LogP contribution in [0.1, 0.15) is 26.2 Å². The molecule has 6 heteroatoms. The SMILES string of the molecule is CC(CC1CCCN1)Nc1ccc2[nH]c(=O)c(=O)[nH]c2c1. The van der Waals surface area contributed by atoms with E-state index in [-0.39, 0.29) is 0 Å². The summed E-state index contributed by atoms with van der Waals surface area (Å²) in [6.07, 6.45) is 3.56. The van der Waals surface area contributed by atoms with Gasteiger partial charge in [0.2, 0.25) is 0 Å². The van der Waals surface area contributed by atoms with Crippen molar-refractivity contribution >= 4 is 16.7 Å². The van der Waals surface area contributed by atoms with Crippen molar-refractivity contribution in [2.24, 2.45) is 0 Å². The third-order valence-corrected chi connectivity index (χ3v) is 3.94. The average molecular weight is 288 g/mol. The summed E-state index contributed by atoms with van der Waals surface area (Å²) in [5.41, 5.74) is 0.966. The summed E-state index contributed by atoms with van der Waals surface area (Å²) in [5.74, 6) is 0. The number of hydrogen-bond donors (Lipinski definition) is 4. The van der Waals surface area contributed by atoms with Crippen LogP contribution in [0.15, 0.2) is 27.8 Å². The lowest BCUT2D eigenvalue weighted by Gasteiger charge is -2.19. The molecule has 4 N–H and O–H groups in total. The Morgan fingerprint density at radius 1 is 1.24 bits per heavy atom. The van der Waals surface area contributed by atoms with Gasteiger partial charge in [0.1, 0.15) is 0 Å². The molecule has 1 fully saturated rings. The van der Waals surface area contributed by atoms with Gasteiger partial charge in [0.15, 0.2) is 0 Å². The Bertz CT molecular complexity index is 743. The quantitative estimate of drug-likeness (QED) is 0.636. The first-order valence-corrected chi connectivity index (χ1v) is 7.38. The molecule has 2 heterocycles. The molecule has 1 aliphatic rings. The Hall–Kier alpha value is -2.08. The minimum atomic E-state index is -0.622. The second-order valence-electron chi connectivity index (χ2n) is 5.74. The fraction of sp³-hybridized carbons (Fsp3) is 0.467. The van der Waals surface area contributed by atoms with E-state index in [1.54, 1.807) is 6.07 Å². The Morgan fingerprint density at radius 2 is 2.00 bits per heavy atom. The van der Waals surface area contributed by atoms with Gasteiger partial charge in [-0.2, -0.15) is 0 Å². The van der Waals surface area contributed by atoms with E-state index >= 15 is 0 Å². The van der Waals surface area contributed by atoms with Gasteiger partial charge in [-0.1, -0.05) is 0 Å². The van der Waals surface area contributed by atoms with E-state index in [1.807, 2.05) is 12.1 Å². The second-order valence-corrected chi connectivity index (χ2v) is 5.74. The molecule has 6 nitrogen and oxygen atoms in total. The van der Waals surface area contributed by atoms with Crippen molar-refractivity contribution in [3.8, 4) is 0 Å².